The monoisotopic (exact) mass is 288 g/mol. The van der Waals surface area contributed by atoms with Gasteiger partial charge in [0.15, 0.2) is 0 Å². The molecule has 2 nitrogen and oxygen atoms in total. The molecule has 0 N–H and O–H groups in total. The van der Waals surface area contributed by atoms with Gasteiger partial charge in [-0.15, -0.1) is 0 Å². The van der Waals surface area contributed by atoms with Crippen molar-refractivity contribution in [1.82, 2.24) is 0 Å². The molecule has 0 aromatic rings. The largest absolute Gasteiger partial charge is 0.550 e. The van der Waals surface area contributed by atoms with Crippen LogP contribution in [0.4, 0.5) is 0 Å². The summed E-state index contributed by atoms with van der Waals surface area (Å²) in [4.78, 5) is 11.9. The van der Waals surface area contributed by atoms with E-state index < -0.39 is 11.4 Å². The lowest BCUT2D eigenvalue weighted by atomic mass is 9.51. The lowest BCUT2D eigenvalue weighted by molar-refractivity contribution is -0.329. The molecule has 2 heteroatoms. The first kappa shape index (κ1) is 15.0. The molecule has 4 rings (SSSR count). The molecule has 21 heavy (non-hydrogen) atoms. The van der Waals surface area contributed by atoms with E-state index in [4.69, 9.17) is 0 Å². The van der Waals surface area contributed by atoms with Crippen LogP contribution in [0.5, 0.6) is 0 Å². The van der Waals surface area contributed by atoms with Crippen molar-refractivity contribution >= 4 is 5.97 Å². The van der Waals surface area contributed by atoms with Crippen LogP contribution in [0.1, 0.15) is 47.5 Å². The summed E-state index contributed by atoms with van der Waals surface area (Å²) in [6.45, 7) is 10.9. The highest BCUT2D eigenvalue weighted by Crippen LogP contribution is 2.77. The molecule has 4 aliphatic rings. The maximum Gasteiger partial charge on any atom is 0.0481 e. The fourth-order valence-electron chi connectivity index (χ4n) is 7.00. The minimum Gasteiger partial charge on any atom is -0.550 e. The number of hydrogen-bond donors (Lipinski definition) is 0. The Balaban J connectivity index is 0.00000132. The normalized spacial score (nSPS) is 52.0. The van der Waals surface area contributed by atoms with Crippen LogP contribution in [-0.2, 0) is 4.79 Å². The summed E-state index contributed by atoms with van der Waals surface area (Å²) in [6, 6.07) is 0. The van der Waals surface area contributed by atoms with Crippen LogP contribution < -0.4 is 5.11 Å². The lowest BCUT2D eigenvalue weighted by Gasteiger charge is -2.55. The number of fused-ring (bicyclic) bond motifs is 9. The summed E-state index contributed by atoms with van der Waals surface area (Å²) in [6.07, 6.45) is 2.40. The quantitative estimate of drug-likeness (QED) is 0.422. The van der Waals surface area contributed by atoms with Gasteiger partial charge in [0.2, 0.25) is 0 Å². The van der Waals surface area contributed by atoms with Crippen LogP contribution in [0.25, 0.3) is 0 Å². The molecule has 116 valence electrons. The second-order valence-corrected chi connectivity index (χ2v) is 8.63. The SMILES string of the molecule is CC1=C(C)C2CC1C1C2C2CC1C(C)(C)C2(C)C(=O)[O-].[CH3+]. The zero-order valence-electron chi connectivity index (χ0n) is 14.2. The molecule has 7 atom stereocenters. The molecule has 0 radical (unpaired) electrons. The van der Waals surface area contributed by atoms with Gasteiger partial charge in [-0.25, -0.2) is 0 Å². The van der Waals surface area contributed by atoms with Crippen LogP contribution in [-0.4, -0.2) is 5.97 Å². The average molecular weight is 288 g/mol. The van der Waals surface area contributed by atoms with E-state index in [-0.39, 0.29) is 12.8 Å². The van der Waals surface area contributed by atoms with Crippen molar-refractivity contribution in [1.29, 1.82) is 0 Å². The molecule has 4 aliphatic carbocycles. The topological polar surface area (TPSA) is 40.1 Å². The number of carbonyl (C=O) groups excluding carboxylic acids is 1. The van der Waals surface area contributed by atoms with Crippen LogP contribution in [0.3, 0.4) is 0 Å². The van der Waals surface area contributed by atoms with Gasteiger partial charge in [-0.2, -0.15) is 0 Å². The number of carbonyl (C=O) groups is 1. The number of allylic oxidation sites excluding steroid dienone is 2. The molecule has 0 aromatic carbocycles. The Kier molecular flexibility index (Phi) is 2.77. The molecular weight excluding hydrogens is 260 g/mol. The summed E-state index contributed by atoms with van der Waals surface area (Å²) < 4.78 is 0. The minimum absolute atomic E-state index is 0. The summed E-state index contributed by atoms with van der Waals surface area (Å²) >= 11 is 0. The number of rotatable bonds is 1. The number of carboxylic acid groups (broad SMARTS) is 1. The van der Waals surface area contributed by atoms with E-state index in [1.54, 1.807) is 11.1 Å². The van der Waals surface area contributed by atoms with E-state index in [2.05, 4.69) is 27.7 Å². The average Bonchev–Trinajstić information content (AvgIpc) is 3.02. The summed E-state index contributed by atoms with van der Waals surface area (Å²) in [5.41, 5.74) is 2.42. The number of carboxylic acids is 1. The van der Waals surface area contributed by atoms with E-state index in [1.165, 1.54) is 6.42 Å². The van der Waals surface area contributed by atoms with Crippen molar-refractivity contribution in [2.75, 3.05) is 0 Å². The standard InChI is InChI=1S/C18H26O2.CH3/c1-8-9(2)11-6-10(8)14-12-7-13(15(11)14)18(5,16(19)20)17(12,3)4;/h10-15H,6-7H2,1-5H3,(H,19,20);1H3/q;+1/p-1. The van der Waals surface area contributed by atoms with E-state index in [9.17, 15) is 9.90 Å². The van der Waals surface area contributed by atoms with Gasteiger partial charge in [-0.3, -0.25) is 0 Å². The fraction of sp³-hybridized carbons (Fsp3) is 0.789. The van der Waals surface area contributed by atoms with Gasteiger partial charge in [0.25, 0.3) is 0 Å². The molecule has 3 saturated carbocycles. The molecule has 4 bridgehead atoms. The highest BCUT2D eigenvalue weighted by atomic mass is 16.4. The smallest absolute Gasteiger partial charge is 0.0481 e. The minimum atomic E-state index is -0.811. The third-order valence-corrected chi connectivity index (χ3v) is 8.48. The summed E-state index contributed by atoms with van der Waals surface area (Å²) in [7, 11) is 0. The zero-order chi connectivity index (χ0) is 14.6. The first-order chi connectivity index (χ1) is 9.23. The fourth-order valence-corrected chi connectivity index (χ4v) is 7.00. The molecule has 0 saturated heterocycles. The first-order valence-electron chi connectivity index (χ1n) is 8.11. The van der Waals surface area contributed by atoms with Crippen molar-refractivity contribution in [3.05, 3.63) is 18.6 Å². The molecule has 0 aromatic heterocycles. The molecule has 0 heterocycles. The predicted octanol–water partition coefficient (Wildman–Crippen LogP) is 3.09. The Morgan fingerprint density at radius 3 is 1.95 bits per heavy atom. The van der Waals surface area contributed by atoms with Gasteiger partial charge >= 0.3 is 0 Å². The van der Waals surface area contributed by atoms with Gasteiger partial charge in [-0.1, -0.05) is 31.9 Å². The molecule has 0 aliphatic heterocycles. The Morgan fingerprint density at radius 2 is 1.48 bits per heavy atom. The third-order valence-electron chi connectivity index (χ3n) is 8.48. The third kappa shape index (κ3) is 1.27. The number of aliphatic carboxylic acids is 1. The Bertz CT molecular complexity index is 544. The van der Waals surface area contributed by atoms with Gasteiger partial charge in [0, 0.05) is 18.8 Å². The predicted molar refractivity (Wildman–Crippen MR) is 81.9 cm³/mol. The number of hydrogen-bond acceptors (Lipinski definition) is 2. The maximum atomic E-state index is 11.9. The first-order valence-corrected chi connectivity index (χ1v) is 8.11. The van der Waals surface area contributed by atoms with E-state index >= 15 is 0 Å². The van der Waals surface area contributed by atoms with E-state index in [1.807, 2.05) is 6.92 Å². The van der Waals surface area contributed by atoms with E-state index in [0.717, 1.165) is 18.3 Å². The zero-order valence-corrected chi connectivity index (χ0v) is 14.2. The molecule has 7 unspecified atom stereocenters. The summed E-state index contributed by atoms with van der Waals surface area (Å²) in [5, 5.41) is 11.9. The second kappa shape index (κ2) is 3.88. The molecule has 0 spiro atoms. The van der Waals surface area contributed by atoms with Crippen molar-refractivity contribution in [2.24, 2.45) is 46.3 Å². The van der Waals surface area contributed by atoms with Crippen LogP contribution in [0.15, 0.2) is 11.1 Å². The lowest BCUT2D eigenvalue weighted by Crippen LogP contribution is -2.57. The van der Waals surface area contributed by atoms with Crippen molar-refractivity contribution in [2.45, 2.75) is 47.5 Å². The van der Waals surface area contributed by atoms with Crippen molar-refractivity contribution < 1.29 is 9.90 Å². The highest BCUT2D eigenvalue weighted by molar-refractivity contribution is 5.75. The van der Waals surface area contributed by atoms with Gasteiger partial charge in [0.1, 0.15) is 0 Å². The van der Waals surface area contributed by atoms with Gasteiger partial charge < -0.3 is 9.90 Å². The Hall–Kier alpha value is -0.920. The van der Waals surface area contributed by atoms with Crippen LogP contribution in [0, 0.1) is 53.8 Å². The van der Waals surface area contributed by atoms with Crippen molar-refractivity contribution in [3.8, 4) is 0 Å². The Morgan fingerprint density at radius 1 is 1.00 bits per heavy atom. The molecule has 0 amide bonds. The molecule has 3 fully saturated rings. The van der Waals surface area contributed by atoms with Crippen molar-refractivity contribution in [3.63, 3.8) is 0 Å². The molecular formula is C19H28O2. The summed E-state index contributed by atoms with van der Waals surface area (Å²) in [5.74, 6) is 2.85. The van der Waals surface area contributed by atoms with Gasteiger partial charge in [-0.05, 0) is 67.6 Å². The Labute approximate surface area is 129 Å². The van der Waals surface area contributed by atoms with Crippen LogP contribution >= 0.6 is 0 Å². The van der Waals surface area contributed by atoms with Gasteiger partial charge in [0.05, 0.1) is 0 Å². The van der Waals surface area contributed by atoms with E-state index in [0.29, 0.717) is 23.7 Å². The second-order valence-electron chi connectivity index (χ2n) is 8.63. The maximum absolute atomic E-state index is 11.9. The highest BCUT2D eigenvalue weighted by Gasteiger charge is 2.73. The van der Waals surface area contributed by atoms with Crippen LogP contribution in [0.2, 0.25) is 0 Å².